The summed E-state index contributed by atoms with van der Waals surface area (Å²) in [6.07, 6.45) is 6.60. The van der Waals surface area contributed by atoms with Crippen molar-refractivity contribution in [1.82, 2.24) is 21.3 Å². The normalized spacial score (nSPS) is 14.0. The Hall–Kier alpha value is -4.06. The Balaban J connectivity index is 2.88. The number of thiophene rings is 1. The van der Waals surface area contributed by atoms with Crippen LogP contribution in [0.15, 0.2) is 53.1 Å². The summed E-state index contributed by atoms with van der Waals surface area (Å²) in [4.78, 5) is 75.5. The molecule has 12 heteroatoms. The van der Waals surface area contributed by atoms with E-state index in [1.165, 1.54) is 18.3 Å². The Morgan fingerprint density at radius 1 is 0.952 bits per heavy atom. The predicted octanol–water partition coefficient (Wildman–Crippen LogP) is 2.63. The van der Waals surface area contributed by atoms with Gasteiger partial charge in [0.1, 0.15) is 6.04 Å². The molecule has 230 valence electrons. The second-order valence-corrected chi connectivity index (χ2v) is 10.7. The molecule has 0 fully saturated rings. The van der Waals surface area contributed by atoms with Gasteiger partial charge in [0.15, 0.2) is 11.9 Å². The summed E-state index contributed by atoms with van der Waals surface area (Å²) in [7, 11) is 0. The first-order valence-electron chi connectivity index (χ1n) is 13.6. The van der Waals surface area contributed by atoms with Crippen molar-refractivity contribution in [3.8, 4) is 0 Å². The van der Waals surface area contributed by atoms with Crippen LogP contribution in [0, 0.1) is 0 Å². The Labute approximate surface area is 251 Å². The van der Waals surface area contributed by atoms with Crippen LogP contribution in [0.5, 0.6) is 0 Å². The van der Waals surface area contributed by atoms with Crippen molar-refractivity contribution in [2.45, 2.75) is 85.4 Å². The van der Waals surface area contributed by atoms with Crippen LogP contribution in [-0.2, 0) is 39.9 Å². The fourth-order valence-electron chi connectivity index (χ4n) is 3.62. The number of hydrogen-bond donors (Lipinski definition) is 4. The summed E-state index contributed by atoms with van der Waals surface area (Å²) in [5, 5.41) is 12.1. The van der Waals surface area contributed by atoms with Crippen LogP contribution < -0.4 is 21.3 Å². The van der Waals surface area contributed by atoms with Gasteiger partial charge in [-0.15, -0.1) is 11.3 Å². The third-order valence-corrected chi connectivity index (χ3v) is 6.91. The van der Waals surface area contributed by atoms with Crippen LogP contribution in [0.1, 0.15) is 65.7 Å². The minimum Gasteiger partial charge on any atom is -0.452 e. The van der Waals surface area contributed by atoms with Crippen molar-refractivity contribution in [2.24, 2.45) is 0 Å². The molecule has 0 aliphatic heterocycles. The number of hydrogen-bond acceptors (Lipinski definition) is 8. The highest BCUT2D eigenvalue weighted by molar-refractivity contribution is 7.09. The van der Waals surface area contributed by atoms with Gasteiger partial charge in [0, 0.05) is 23.9 Å². The molecular weight excluding hydrogens is 560 g/mol. The first kappa shape index (κ1) is 36.0. The number of allylic oxidation sites excluding steroid dienone is 6. The van der Waals surface area contributed by atoms with E-state index in [2.05, 4.69) is 21.3 Å². The molecule has 0 saturated heterocycles. The monoisotopic (exact) mass is 602 g/mol. The largest absolute Gasteiger partial charge is 0.452 e. The third kappa shape index (κ3) is 14.5. The third-order valence-electron chi connectivity index (χ3n) is 6.01. The topological polar surface area (TPSA) is 160 Å². The molecule has 1 aromatic rings. The van der Waals surface area contributed by atoms with E-state index in [4.69, 9.17) is 4.74 Å². The van der Waals surface area contributed by atoms with Crippen LogP contribution in [0.3, 0.4) is 0 Å². The summed E-state index contributed by atoms with van der Waals surface area (Å²) < 4.78 is 5.04. The number of carbonyl (C=O) groups excluding carboxylic acids is 6. The van der Waals surface area contributed by atoms with Crippen LogP contribution in [0.4, 0.5) is 0 Å². The first-order chi connectivity index (χ1) is 19.9. The summed E-state index contributed by atoms with van der Waals surface area (Å²) >= 11 is 1.38. The Bertz CT molecular complexity index is 1190. The minimum atomic E-state index is -1.41. The summed E-state index contributed by atoms with van der Waals surface area (Å²) in [5.74, 6) is -3.51. The molecule has 0 aromatic carbocycles. The number of nitrogens with one attached hydrogen (secondary N) is 4. The number of Topliss-reactive ketones (excluding diaryl/α,β-unsaturated/α-hetero) is 1. The Morgan fingerprint density at radius 2 is 1.64 bits per heavy atom. The minimum absolute atomic E-state index is 0.132. The van der Waals surface area contributed by atoms with Gasteiger partial charge in [0.2, 0.25) is 17.7 Å². The van der Waals surface area contributed by atoms with E-state index in [9.17, 15) is 28.8 Å². The predicted molar refractivity (Wildman–Crippen MR) is 161 cm³/mol. The molecule has 1 heterocycles. The van der Waals surface area contributed by atoms with E-state index in [1.807, 2.05) is 37.5 Å². The van der Waals surface area contributed by atoms with Crippen LogP contribution in [0.2, 0.25) is 0 Å². The van der Waals surface area contributed by atoms with Crippen molar-refractivity contribution in [3.05, 3.63) is 58.0 Å². The van der Waals surface area contributed by atoms with E-state index >= 15 is 0 Å². The number of ether oxygens (including phenoxy) is 1. The lowest BCUT2D eigenvalue weighted by atomic mass is 10.0. The van der Waals surface area contributed by atoms with Crippen molar-refractivity contribution < 1.29 is 33.5 Å². The molecule has 0 bridgehead atoms. The van der Waals surface area contributed by atoms with Gasteiger partial charge in [-0.05, 0) is 58.9 Å². The summed E-state index contributed by atoms with van der Waals surface area (Å²) in [5.41, 5.74) is 1.57. The van der Waals surface area contributed by atoms with Gasteiger partial charge in [0.25, 0.3) is 5.91 Å². The van der Waals surface area contributed by atoms with E-state index in [1.54, 1.807) is 32.1 Å². The van der Waals surface area contributed by atoms with Gasteiger partial charge < -0.3 is 26.0 Å². The number of amides is 4. The molecule has 4 N–H and O–H groups in total. The second kappa shape index (κ2) is 19.1. The van der Waals surface area contributed by atoms with Gasteiger partial charge in [-0.25, -0.2) is 0 Å². The molecule has 4 amide bonds. The summed E-state index contributed by atoms with van der Waals surface area (Å²) in [6.45, 7) is 9.30. The molecule has 1 rings (SSSR count). The molecule has 11 nitrogen and oxygen atoms in total. The van der Waals surface area contributed by atoms with Gasteiger partial charge >= 0.3 is 5.97 Å². The highest BCUT2D eigenvalue weighted by Gasteiger charge is 2.29. The maximum absolute atomic E-state index is 13.1. The fraction of sp³-hybridized carbons (Fsp3) is 0.467. The summed E-state index contributed by atoms with van der Waals surface area (Å²) in [6, 6.07) is 1.81. The molecule has 0 saturated carbocycles. The van der Waals surface area contributed by atoms with Crippen molar-refractivity contribution in [3.63, 3.8) is 0 Å². The lowest BCUT2D eigenvalue weighted by Gasteiger charge is -2.21. The van der Waals surface area contributed by atoms with Gasteiger partial charge in [-0.1, -0.05) is 35.9 Å². The number of esters is 1. The molecule has 0 aliphatic carbocycles. The van der Waals surface area contributed by atoms with Crippen LogP contribution in [0.25, 0.3) is 0 Å². The number of ketones is 1. The SMILES string of the molecule is C/C=C\C=C(/C)CC[C@@H](NC(=O)CNC(=O)[C@@H](Cc1cccs1)NC(=O)C[C@@H](OC(C)=O)C(=O)N/C(C)=C/C)C(C)=O. The zero-order valence-electron chi connectivity index (χ0n) is 25.1. The maximum atomic E-state index is 13.1. The van der Waals surface area contributed by atoms with Gasteiger partial charge in [-0.3, -0.25) is 28.8 Å². The zero-order valence-corrected chi connectivity index (χ0v) is 25.9. The highest BCUT2D eigenvalue weighted by Crippen LogP contribution is 2.12. The molecule has 3 atom stereocenters. The lowest BCUT2D eigenvalue weighted by Crippen LogP contribution is -2.52. The zero-order chi connectivity index (χ0) is 31.7. The highest BCUT2D eigenvalue weighted by atomic mass is 32.1. The van der Waals surface area contributed by atoms with Gasteiger partial charge in [-0.2, -0.15) is 0 Å². The van der Waals surface area contributed by atoms with Crippen molar-refractivity contribution in [1.29, 1.82) is 0 Å². The molecule has 0 unspecified atom stereocenters. The Morgan fingerprint density at radius 3 is 2.21 bits per heavy atom. The lowest BCUT2D eigenvalue weighted by molar-refractivity contribution is -0.155. The number of carbonyl (C=O) groups is 6. The second-order valence-electron chi connectivity index (χ2n) is 9.69. The van der Waals surface area contributed by atoms with E-state index in [-0.39, 0.29) is 12.2 Å². The molecule has 42 heavy (non-hydrogen) atoms. The van der Waals surface area contributed by atoms with E-state index in [0.29, 0.717) is 18.5 Å². The molecule has 1 aromatic heterocycles. The van der Waals surface area contributed by atoms with Gasteiger partial charge in [0.05, 0.1) is 19.0 Å². The molecule has 0 radical (unpaired) electrons. The van der Waals surface area contributed by atoms with E-state index < -0.39 is 60.8 Å². The first-order valence-corrected chi connectivity index (χ1v) is 14.5. The van der Waals surface area contributed by atoms with Crippen molar-refractivity contribution in [2.75, 3.05) is 6.54 Å². The average molecular weight is 603 g/mol. The quantitative estimate of drug-likeness (QED) is 0.158. The fourth-order valence-corrected chi connectivity index (χ4v) is 4.38. The van der Waals surface area contributed by atoms with Crippen LogP contribution in [-0.4, -0.2) is 60.1 Å². The standard InChI is InChI=1S/C30H42N4O7S/c1-7-9-11-19(3)13-14-24(21(5)35)33-28(38)18-31-29(39)25(16-23-12-10-15-42-23)34-27(37)17-26(41-22(6)36)30(40)32-20(4)8-2/h7-12,15,24-26H,13-14,16-18H2,1-6H3,(H,31,39)(H,32,40)(H,33,38)(H,34,37)/b9-7-,19-11+,20-8+/t24-,25-,26-/m1/s1. The molecule has 0 spiro atoms. The molecule has 0 aliphatic rings. The number of rotatable bonds is 17. The Kier molecular flexibility index (Phi) is 16.4. The van der Waals surface area contributed by atoms with E-state index in [0.717, 1.165) is 17.4 Å². The molecular formula is C30H42N4O7S. The van der Waals surface area contributed by atoms with Crippen LogP contribution >= 0.6 is 11.3 Å². The van der Waals surface area contributed by atoms with Crippen molar-refractivity contribution >= 4 is 46.7 Å². The smallest absolute Gasteiger partial charge is 0.303 e. The maximum Gasteiger partial charge on any atom is 0.303 e. The average Bonchev–Trinajstić information content (AvgIpc) is 3.44.